The Kier molecular flexibility index (Phi) is 3.37. The fourth-order valence-corrected chi connectivity index (χ4v) is 1.99. The van der Waals surface area contributed by atoms with Gasteiger partial charge in [0.15, 0.2) is 0 Å². The van der Waals surface area contributed by atoms with Crippen molar-refractivity contribution in [1.82, 2.24) is 0 Å². The highest BCUT2D eigenvalue weighted by atomic mass is 35.5. The summed E-state index contributed by atoms with van der Waals surface area (Å²) < 4.78 is 36.1. The Bertz CT molecular complexity index is 323. The lowest BCUT2D eigenvalue weighted by Crippen LogP contribution is -1.99. The first kappa shape index (κ1) is 11.7. The Morgan fingerprint density at radius 2 is 1.79 bits per heavy atom. The molecule has 0 bridgehead atoms. The second-order valence-corrected chi connectivity index (χ2v) is 4.44. The van der Waals surface area contributed by atoms with Crippen LogP contribution in [0.4, 0.5) is 13.2 Å². The lowest BCUT2D eigenvalue weighted by molar-refractivity contribution is -0.0328. The van der Waals surface area contributed by atoms with Crippen molar-refractivity contribution in [1.29, 1.82) is 0 Å². The number of aryl methyl sites for hydroxylation is 1. The Morgan fingerprint density at radius 1 is 1.21 bits per heavy atom. The molecule has 14 heavy (non-hydrogen) atoms. The lowest BCUT2D eigenvalue weighted by Gasteiger charge is -2.09. The van der Waals surface area contributed by atoms with Crippen molar-refractivity contribution in [2.24, 2.45) is 0 Å². The molecular weight excluding hydrogens is 233 g/mol. The molecule has 0 fully saturated rings. The highest BCUT2D eigenvalue weighted by molar-refractivity contribution is 8.00. The predicted octanol–water partition coefficient (Wildman–Crippen LogP) is 4.57. The predicted molar refractivity (Wildman–Crippen MR) is 52.8 cm³/mol. The van der Waals surface area contributed by atoms with Crippen molar-refractivity contribution >= 4 is 23.4 Å². The molecule has 0 radical (unpaired) electrons. The molecule has 0 saturated carbocycles. The maximum Gasteiger partial charge on any atom is 0.446 e. The smallest absolute Gasteiger partial charge is 0.160 e. The second kappa shape index (κ2) is 4.03. The summed E-state index contributed by atoms with van der Waals surface area (Å²) in [6.07, 6.45) is 0. The van der Waals surface area contributed by atoms with Crippen LogP contribution in [-0.2, 0) is 0 Å². The summed E-state index contributed by atoms with van der Waals surface area (Å²) >= 11 is 5.62. The van der Waals surface area contributed by atoms with Crippen molar-refractivity contribution in [3.63, 3.8) is 0 Å². The molecule has 0 aliphatic rings. The van der Waals surface area contributed by atoms with E-state index in [-0.39, 0.29) is 16.7 Å². The SMILES string of the molecule is Cc1cc(SC(F)(F)F)cc(Cl)c1C. The number of hydrogen-bond acceptors (Lipinski definition) is 1. The van der Waals surface area contributed by atoms with E-state index in [9.17, 15) is 13.2 Å². The number of rotatable bonds is 1. The van der Waals surface area contributed by atoms with Crippen molar-refractivity contribution < 1.29 is 13.2 Å². The van der Waals surface area contributed by atoms with Crippen LogP contribution in [0.5, 0.6) is 0 Å². The third kappa shape index (κ3) is 3.10. The maximum absolute atomic E-state index is 12.0. The van der Waals surface area contributed by atoms with Gasteiger partial charge in [0.25, 0.3) is 0 Å². The largest absolute Gasteiger partial charge is 0.446 e. The second-order valence-electron chi connectivity index (χ2n) is 2.89. The molecule has 1 aromatic rings. The van der Waals surface area contributed by atoms with E-state index in [0.29, 0.717) is 5.02 Å². The molecule has 0 saturated heterocycles. The van der Waals surface area contributed by atoms with Crippen LogP contribution in [0.1, 0.15) is 11.1 Å². The molecule has 0 N–H and O–H groups in total. The van der Waals surface area contributed by atoms with Crippen molar-refractivity contribution in [3.8, 4) is 0 Å². The zero-order chi connectivity index (χ0) is 10.9. The highest BCUT2D eigenvalue weighted by Gasteiger charge is 2.29. The summed E-state index contributed by atoms with van der Waals surface area (Å²) in [5.74, 6) is 0. The van der Waals surface area contributed by atoms with Gasteiger partial charge < -0.3 is 0 Å². The van der Waals surface area contributed by atoms with Crippen LogP contribution in [0.25, 0.3) is 0 Å². The molecule has 0 aliphatic carbocycles. The van der Waals surface area contributed by atoms with E-state index < -0.39 is 5.51 Å². The maximum atomic E-state index is 12.0. The molecule has 1 aromatic carbocycles. The Morgan fingerprint density at radius 3 is 2.21 bits per heavy atom. The molecule has 0 aliphatic heterocycles. The highest BCUT2D eigenvalue weighted by Crippen LogP contribution is 2.38. The van der Waals surface area contributed by atoms with Crippen LogP contribution in [0, 0.1) is 13.8 Å². The van der Waals surface area contributed by atoms with Gasteiger partial charge in [0.05, 0.1) is 0 Å². The molecule has 1 rings (SSSR count). The van der Waals surface area contributed by atoms with Crippen LogP contribution in [0.2, 0.25) is 5.02 Å². The quantitative estimate of drug-likeness (QED) is 0.648. The van der Waals surface area contributed by atoms with Gasteiger partial charge in [0.1, 0.15) is 0 Å². The normalized spacial score (nSPS) is 11.9. The van der Waals surface area contributed by atoms with E-state index in [4.69, 9.17) is 11.6 Å². The third-order valence-electron chi connectivity index (χ3n) is 1.81. The molecule has 0 heterocycles. The van der Waals surface area contributed by atoms with Crippen molar-refractivity contribution in [2.75, 3.05) is 0 Å². The average molecular weight is 241 g/mol. The van der Waals surface area contributed by atoms with Gasteiger partial charge >= 0.3 is 5.51 Å². The van der Waals surface area contributed by atoms with E-state index in [2.05, 4.69) is 0 Å². The monoisotopic (exact) mass is 240 g/mol. The summed E-state index contributed by atoms with van der Waals surface area (Å²) in [5.41, 5.74) is -2.67. The molecule has 0 atom stereocenters. The van der Waals surface area contributed by atoms with Crippen LogP contribution >= 0.6 is 23.4 Å². The Balaban J connectivity index is 3.02. The molecule has 0 unspecified atom stereocenters. The van der Waals surface area contributed by atoms with Gasteiger partial charge in [0.2, 0.25) is 0 Å². The summed E-state index contributed by atoms with van der Waals surface area (Å²) in [4.78, 5) is 0.130. The first-order valence-electron chi connectivity index (χ1n) is 3.82. The van der Waals surface area contributed by atoms with Crippen molar-refractivity contribution in [2.45, 2.75) is 24.3 Å². The molecule has 0 nitrogen and oxygen atoms in total. The van der Waals surface area contributed by atoms with Gasteiger partial charge in [-0.25, -0.2) is 0 Å². The van der Waals surface area contributed by atoms with Crippen LogP contribution in [-0.4, -0.2) is 5.51 Å². The summed E-state index contributed by atoms with van der Waals surface area (Å²) in [6, 6.07) is 2.82. The number of halogens is 4. The lowest BCUT2D eigenvalue weighted by atomic mass is 10.1. The van der Waals surface area contributed by atoms with Gasteiger partial charge in [-0.1, -0.05) is 11.6 Å². The van der Waals surface area contributed by atoms with Crippen molar-refractivity contribution in [3.05, 3.63) is 28.3 Å². The number of alkyl halides is 3. The first-order valence-corrected chi connectivity index (χ1v) is 5.01. The molecule has 0 amide bonds. The van der Waals surface area contributed by atoms with E-state index >= 15 is 0 Å². The van der Waals surface area contributed by atoms with Crippen LogP contribution in [0.3, 0.4) is 0 Å². The number of benzene rings is 1. The minimum Gasteiger partial charge on any atom is -0.160 e. The summed E-state index contributed by atoms with van der Waals surface area (Å²) in [7, 11) is 0. The fourth-order valence-electron chi connectivity index (χ4n) is 0.977. The Labute approximate surface area is 89.4 Å². The minimum absolute atomic E-state index is 0.130. The zero-order valence-electron chi connectivity index (χ0n) is 7.57. The van der Waals surface area contributed by atoms with Gasteiger partial charge in [-0.15, -0.1) is 0 Å². The van der Waals surface area contributed by atoms with E-state index in [1.165, 1.54) is 12.1 Å². The minimum atomic E-state index is -4.26. The van der Waals surface area contributed by atoms with Crippen LogP contribution < -0.4 is 0 Å². The topological polar surface area (TPSA) is 0 Å². The standard InChI is InChI=1S/C9H8ClF3S/c1-5-3-7(14-9(11,12)13)4-8(10)6(5)2/h3-4H,1-2H3. The molecular formula is C9H8ClF3S. The van der Waals surface area contributed by atoms with E-state index in [1.807, 2.05) is 0 Å². The summed E-state index contributed by atoms with van der Waals surface area (Å²) in [5, 5.41) is 0.372. The van der Waals surface area contributed by atoms with Gasteiger partial charge in [-0.05, 0) is 48.9 Å². The fraction of sp³-hybridized carbons (Fsp3) is 0.333. The first-order chi connectivity index (χ1) is 6.29. The summed E-state index contributed by atoms with van der Waals surface area (Å²) in [6.45, 7) is 3.52. The van der Waals surface area contributed by atoms with Crippen LogP contribution in [0.15, 0.2) is 17.0 Å². The number of hydrogen-bond donors (Lipinski definition) is 0. The average Bonchev–Trinajstić information content (AvgIpc) is 1.96. The van der Waals surface area contributed by atoms with Gasteiger partial charge in [-0.2, -0.15) is 13.2 Å². The molecule has 78 valence electrons. The third-order valence-corrected chi connectivity index (χ3v) is 2.91. The Hall–Kier alpha value is -0.350. The molecule has 0 aromatic heterocycles. The molecule has 5 heteroatoms. The number of thioether (sulfide) groups is 1. The zero-order valence-corrected chi connectivity index (χ0v) is 9.15. The van der Waals surface area contributed by atoms with Gasteiger partial charge in [-0.3, -0.25) is 0 Å². The molecule has 0 spiro atoms. The van der Waals surface area contributed by atoms with Gasteiger partial charge in [0, 0.05) is 9.92 Å². The van der Waals surface area contributed by atoms with E-state index in [0.717, 1.165) is 11.1 Å². The van der Waals surface area contributed by atoms with E-state index in [1.54, 1.807) is 13.8 Å².